The first-order chi connectivity index (χ1) is 6.22. The van der Waals surface area contributed by atoms with Gasteiger partial charge in [-0.3, -0.25) is 4.79 Å². The van der Waals surface area contributed by atoms with Crippen LogP contribution in [0.5, 0.6) is 0 Å². The molecule has 1 heterocycles. The van der Waals surface area contributed by atoms with Crippen molar-refractivity contribution in [2.24, 2.45) is 0 Å². The second kappa shape index (κ2) is 3.20. The van der Waals surface area contributed by atoms with Crippen molar-refractivity contribution >= 4 is 45.7 Å². The molecule has 0 fully saturated rings. The van der Waals surface area contributed by atoms with Crippen molar-refractivity contribution in [2.45, 2.75) is 5.03 Å². The van der Waals surface area contributed by atoms with E-state index in [2.05, 4.69) is 33.5 Å². The molecule has 1 N–H and O–H groups in total. The molecule has 0 radical (unpaired) electrons. The number of aromatic nitrogens is 1. The Morgan fingerprint density at radius 3 is 2.92 bits per heavy atom. The van der Waals surface area contributed by atoms with Crippen molar-refractivity contribution in [1.82, 2.24) is 4.98 Å². The van der Waals surface area contributed by atoms with Gasteiger partial charge in [0.05, 0.1) is 10.6 Å². The number of H-pyrrole nitrogens is 1. The summed E-state index contributed by atoms with van der Waals surface area (Å²) < 4.78 is 0.954. The van der Waals surface area contributed by atoms with E-state index in [0.717, 1.165) is 21.7 Å². The Kier molecular flexibility index (Phi) is 2.17. The van der Waals surface area contributed by atoms with E-state index in [9.17, 15) is 4.79 Å². The Hall–Kier alpha value is -0.740. The number of thiol groups is 1. The Morgan fingerprint density at radius 2 is 2.23 bits per heavy atom. The van der Waals surface area contributed by atoms with Crippen LogP contribution in [-0.2, 0) is 0 Å². The third-order valence-electron chi connectivity index (χ3n) is 1.90. The van der Waals surface area contributed by atoms with Gasteiger partial charge in [-0.05, 0) is 18.2 Å². The number of nitrogens with one attached hydrogen (secondary N) is 1. The number of benzene rings is 1. The number of fused-ring (bicyclic) bond motifs is 1. The number of aromatic amines is 1. The number of aldehydes is 1. The molecule has 66 valence electrons. The maximum Gasteiger partial charge on any atom is 0.153 e. The molecule has 0 amide bonds. The van der Waals surface area contributed by atoms with Crippen molar-refractivity contribution < 1.29 is 4.79 Å². The highest BCUT2D eigenvalue weighted by molar-refractivity contribution is 9.10. The third-order valence-corrected chi connectivity index (χ3v) is 2.74. The summed E-state index contributed by atoms with van der Waals surface area (Å²) in [6.45, 7) is 0. The molecule has 0 spiro atoms. The van der Waals surface area contributed by atoms with Crippen LogP contribution in [0.25, 0.3) is 10.9 Å². The second-order valence-corrected chi connectivity index (χ2v) is 4.06. The van der Waals surface area contributed by atoms with Gasteiger partial charge in [-0.25, -0.2) is 0 Å². The highest BCUT2D eigenvalue weighted by atomic mass is 79.9. The molecule has 1 aromatic carbocycles. The number of carbonyl (C=O) groups is 1. The summed E-state index contributed by atoms with van der Waals surface area (Å²) in [5.41, 5.74) is 1.54. The average molecular weight is 256 g/mol. The highest BCUT2D eigenvalue weighted by Crippen LogP contribution is 2.26. The predicted molar refractivity (Wildman–Crippen MR) is 58.6 cm³/mol. The van der Waals surface area contributed by atoms with Crippen LogP contribution in [0, 0.1) is 0 Å². The predicted octanol–water partition coefficient (Wildman–Crippen LogP) is 3.03. The summed E-state index contributed by atoms with van der Waals surface area (Å²) in [7, 11) is 0. The number of halogens is 1. The van der Waals surface area contributed by atoms with E-state index in [0.29, 0.717) is 10.6 Å². The summed E-state index contributed by atoms with van der Waals surface area (Å²) >= 11 is 7.52. The third kappa shape index (κ3) is 1.40. The monoisotopic (exact) mass is 255 g/mol. The Labute approximate surface area is 88.9 Å². The summed E-state index contributed by atoms with van der Waals surface area (Å²) in [5.74, 6) is 0. The van der Waals surface area contributed by atoms with E-state index < -0.39 is 0 Å². The summed E-state index contributed by atoms with van der Waals surface area (Å²) in [5, 5.41) is 1.51. The van der Waals surface area contributed by atoms with Gasteiger partial charge in [-0.1, -0.05) is 15.9 Å². The smallest absolute Gasteiger partial charge is 0.153 e. The number of hydrogen-bond donors (Lipinski definition) is 2. The molecule has 2 aromatic rings. The lowest BCUT2D eigenvalue weighted by Crippen LogP contribution is -1.76. The van der Waals surface area contributed by atoms with Gasteiger partial charge in [0.25, 0.3) is 0 Å². The van der Waals surface area contributed by atoms with Crippen LogP contribution < -0.4 is 0 Å². The van der Waals surface area contributed by atoms with E-state index in [1.54, 1.807) is 0 Å². The topological polar surface area (TPSA) is 32.9 Å². The molecule has 2 rings (SSSR count). The molecule has 0 bridgehead atoms. The molecule has 4 heteroatoms. The second-order valence-electron chi connectivity index (χ2n) is 2.70. The standard InChI is InChI=1S/C9H6BrNOS/c10-5-1-2-8-6(3-5)7(4-12)9(13)11-8/h1-4,11,13H. The molecule has 0 unspecified atom stereocenters. The molecule has 0 saturated carbocycles. The molecule has 0 aliphatic carbocycles. The van der Waals surface area contributed by atoms with Crippen LogP contribution in [-0.4, -0.2) is 11.3 Å². The van der Waals surface area contributed by atoms with Crippen molar-refractivity contribution in [2.75, 3.05) is 0 Å². The van der Waals surface area contributed by atoms with Gasteiger partial charge in [-0.2, -0.15) is 0 Å². The number of hydrogen-bond acceptors (Lipinski definition) is 2. The quantitative estimate of drug-likeness (QED) is 0.596. The molecule has 2 nitrogen and oxygen atoms in total. The van der Waals surface area contributed by atoms with Crippen LogP contribution >= 0.6 is 28.6 Å². The Bertz CT molecular complexity index is 478. The SMILES string of the molecule is O=Cc1c(S)[nH]c2ccc(Br)cc12. The minimum absolute atomic E-state index is 0.611. The fourth-order valence-corrected chi connectivity index (χ4v) is 1.94. The van der Waals surface area contributed by atoms with E-state index in [4.69, 9.17) is 0 Å². The molecule has 0 aliphatic rings. The maximum atomic E-state index is 10.7. The lowest BCUT2D eigenvalue weighted by molar-refractivity contribution is 0.112. The van der Waals surface area contributed by atoms with E-state index in [1.807, 2.05) is 18.2 Å². The van der Waals surface area contributed by atoms with Gasteiger partial charge >= 0.3 is 0 Å². The molecule has 13 heavy (non-hydrogen) atoms. The van der Waals surface area contributed by atoms with E-state index in [1.165, 1.54) is 0 Å². The highest BCUT2D eigenvalue weighted by Gasteiger charge is 2.07. The molecule has 0 saturated heterocycles. The molecule has 0 atom stereocenters. The lowest BCUT2D eigenvalue weighted by atomic mass is 10.2. The van der Waals surface area contributed by atoms with Crippen LogP contribution in [0.4, 0.5) is 0 Å². The van der Waals surface area contributed by atoms with Crippen LogP contribution in [0.2, 0.25) is 0 Å². The Balaban J connectivity index is 2.88. The van der Waals surface area contributed by atoms with Gasteiger partial charge in [0.15, 0.2) is 6.29 Å². The minimum atomic E-state index is 0.611. The van der Waals surface area contributed by atoms with E-state index in [-0.39, 0.29) is 0 Å². The largest absolute Gasteiger partial charge is 0.349 e. The minimum Gasteiger partial charge on any atom is -0.349 e. The summed E-state index contributed by atoms with van der Waals surface area (Å²) in [6, 6.07) is 5.72. The maximum absolute atomic E-state index is 10.7. The number of carbonyl (C=O) groups excluding carboxylic acids is 1. The molecule has 0 aliphatic heterocycles. The van der Waals surface area contributed by atoms with Crippen molar-refractivity contribution in [3.63, 3.8) is 0 Å². The number of rotatable bonds is 1. The first-order valence-corrected chi connectivity index (χ1v) is 4.92. The van der Waals surface area contributed by atoms with Gasteiger partial charge in [-0.15, -0.1) is 12.6 Å². The zero-order valence-electron chi connectivity index (χ0n) is 6.54. The first kappa shape index (κ1) is 8.84. The van der Waals surface area contributed by atoms with E-state index >= 15 is 0 Å². The van der Waals surface area contributed by atoms with Gasteiger partial charge in [0, 0.05) is 15.4 Å². The van der Waals surface area contributed by atoms with Gasteiger partial charge < -0.3 is 4.98 Å². The van der Waals surface area contributed by atoms with Crippen molar-refractivity contribution in [1.29, 1.82) is 0 Å². The molecular formula is C9H6BrNOS. The average Bonchev–Trinajstić information content (AvgIpc) is 2.40. The summed E-state index contributed by atoms with van der Waals surface area (Å²) in [4.78, 5) is 13.7. The zero-order chi connectivity index (χ0) is 9.42. The Morgan fingerprint density at radius 1 is 1.46 bits per heavy atom. The van der Waals surface area contributed by atoms with Crippen LogP contribution in [0.1, 0.15) is 10.4 Å². The fourth-order valence-electron chi connectivity index (χ4n) is 1.29. The molecular weight excluding hydrogens is 250 g/mol. The van der Waals surface area contributed by atoms with Crippen molar-refractivity contribution in [3.05, 3.63) is 28.2 Å². The van der Waals surface area contributed by atoms with Gasteiger partial charge in [0.1, 0.15) is 0 Å². The first-order valence-electron chi connectivity index (χ1n) is 3.68. The normalized spacial score (nSPS) is 10.6. The summed E-state index contributed by atoms with van der Waals surface area (Å²) in [6.07, 6.45) is 0.813. The molecule has 1 aromatic heterocycles. The van der Waals surface area contributed by atoms with Crippen molar-refractivity contribution in [3.8, 4) is 0 Å². The van der Waals surface area contributed by atoms with Crippen LogP contribution in [0.15, 0.2) is 27.7 Å². The lowest BCUT2D eigenvalue weighted by Gasteiger charge is -1.91. The van der Waals surface area contributed by atoms with Crippen LogP contribution in [0.3, 0.4) is 0 Å². The fraction of sp³-hybridized carbons (Fsp3) is 0. The zero-order valence-corrected chi connectivity index (χ0v) is 9.02. The van der Waals surface area contributed by atoms with Gasteiger partial charge in [0.2, 0.25) is 0 Å².